The Morgan fingerprint density at radius 3 is 2.88 bits per heavy atom. The predicted molar refractivity (Wildman–Crippen MR) is 65.7 cm³/mol. The van der Waals surface area contributed by atoms with E-state index in [1.165, 1.54) is 4.88 Å². The van der Waals surface area contributed by atoms with Gasteiger partial charge in [-0.25, -0.2) is 4.98 Å². The zero-order chi connectivity index (χ0) is 11.2. The number of nitrogens with zero attached hydrogens (tertiary/aromatic N) is 1. The summed E-state index contributed by atoms with van der Waals surface area (Å²) < 4.78 is 5.60. The highest BCUT2D eigenvalue weighted by molar-refractivity contribution is 7.13. The van der Waals surface area contributed by atoms with E-state index in [4.69, 9.17) is 4.74 Å². The fraction of sp³-hybridized carbons (Fsp3) is 0.250. The van der Waals surface area contributed by atoms with Crippen molar-refractivity contribution in [2.45, 2.75) is 13.2 Å². The van der Waals surface area contributed by atoms with Crippen LogP contribution in [-0.4, -0.2) is 12.0 Å². The lowest BCUT2D eigenvalue weighted by Gasteiger charge is -2.01. The number of ether oxygens (including phenoxy) is 1. The highest BCUT2D eigenvalue weighted by atomic mass is 32.1. The maximum Gasteiger partial charge on any atom is 0.273 e. The summed E-state index contributed by atoms with van der Waals surface area (Å²) >= 11 is 1.58. The zero-order valence-electron chi connectivity index (χ0n) is 9.14. The van der Waals surface area contributed by atoms with E-state index in [1.54, 1.807) is 11.3 Å². The molecule has 2 rings (SSSR count). The lowest BCUT2D eigenvalue weighted by molar-refractivity contribution is 0.304. The van der Waals surface area contributed by atoms with Gasteiger partial charge in [-0.1, -0.05) is 41.7 Å². The minimum Gasteiger partial charge on any atom is -0.465 e. The van der Waals surface area contributed by atoms with Crippen molar-refractivity contribution in [2.75, 3.05) is 7.05 Å². The van der Waals surface area contributed by atoms with Crippen LogP contribution in [0.2, 0.25) is 0 Å². The average Bonchev–Trinajstić information content (AvgIpc) is 2.76. The summed E-state index contributed by atoms with van der Waals surface area (Å²) in [6, 6.07) is 10.1. The second kappa shape index (κ2) is 5.63. The van der Waals surface area contributed by atoms with Crippen LogP contribution in [0, 0.1) is 0 Å². The second-order valence-electron chi connectivity index (χ2n) is 3.40. The number of benzene rings is 1. The van der Waals surface area contributed by atoms with Gasteiger partial charge >= 0.3 is 0 Å². The molecule has 0 fully saturated rings. The lowest BCUT2D eigenvalue weighted by Crippen LogP contribution is -2.02. The topological polar surface area (TPSA) is 34.2 Å². The second-order valence-corrected chi connectivity index (χ2v) is 4.47. The predicted octanol–water partition coefficient (Wildman–Crippen LogP) is 2.44. The summed E-state index contributed by atoms with van der Waals surface area (Å²) in [5, 5.41) is 3.82. The molecule has 0 amide bonds. The first-order chi connectivity index (χ1) is 7.88. The van der Waals surface area contributed by atoms with Crippen LogP contribution in [0.25, 0.3) is 0 Å². The average molecular weight is 234 g/mol. The van der Waals surface area contributed by atoms with Crippen LogP contribution in [0.1, 0.15) is 10.4 Å². The zero-order valence-corrected chi connectivity index (χ0v) is 9.96. The molecule has 84 valence electrons. The van der Waals surface area contributed by atoms with Crippen molar-refractivity contribution >= 4 is 11.3 Å². The van der Waals surface area contributed by atoms with Crippen LogP contribution >= 0.6 is 11.3 Å². The van der Waals surface area contributed by atoms with Gasteiger partial charge in [-0.05, 0) is 12.6 Å². The van der Waals surface area contributed by atoms with Crippen molar-refractivity contribution in [3.63, 3.8) is 0 Å². The molecule has 16 heavy (non-hydrogen) atoms. The summed E-state index contributed by atoms with van der Waals surface area (Å²) in [5.41, 5.74) is 1.16. The Bertz CT molecular complexity index is 428. The van der Waals surface area contributed by atoms with E-state index in [9.17, 15) is 0 Å². The van der Waals surface area contributed by atoms with Gasteiger partial charge in [-0.3, -0.25) is 0 Å². The molecule has 0 saturated carbocycles. The number of hydrogen-bond donors (Lipinski definition) is 1. The van der Waals surface area contributed by atoms with Gasteiger partial charge in [0, 0.05) is 17.6 Å². The van der Waals surface area contributed by atoms with Gasteiger partial charge in [-0.2, -0.15) is 0 Å². The lowest BCUT2D eigenvalue weighted by atomic mass is 10.2. The molecular weight excluding hydrogens is 220 g/mol. The summed E-state index contributed by atoms with van der Waals surface area (Å²) in [6.07, 6.45) is 1.85. The van der Waals surface area contributed by atoms with E-state index < -0.39 is 0 Å². The van der Waals surface area contributed by atoms with Gasteiger partial charge < -0.3 is 10.1 Å². The third-order valence-electron chi connectivity index (χ3n) is 2.09. The molecule has 0 atom stereocenters. The quantitative estimate of drug-likeness (QED) is 0.862. The van der Waals surface area contributed by atoms with Gasteiger partial charge in [-0.15, -0.1) is 0 Å². The Hall–Kier alpha value is -1.39. The fourth-order valence-corrected chi connectivity index (χ4v) is 2.10. The molecule has 0 unspecified atom stereocenters. The Morgan fingerprint density at radius 1 is 1.31 bits per heavy atom. The molecule has 1 heterocycles. The maximum atomic E-state index is 5.60. The molecule has 0 bridgehead atoms. The minimum atomic E-state index is 0.577. The highest BCUT2D eigenvalue weighted by Gasteiger charge is 2.02. The first-order valence-electron chi connectivity index (χ1n) is 5.14. The first kappa shape index (κ1) is 11.1. The standard InChI is InChI=1S/C12H14N2OS/c1-13-7-11-8-14-12(16-11)15-9-10-5-3-2-4-6-10/h2-6,8,13H,7,9H2,1H3. The Labute approximate surface area is 99.1 Å². The molecule has 1 aromatic carbocycles. The molecule has 0 aliphatic carbocycles. The van der Waals surface area contributed by atoms with Gasteiger partial charge in [0.1, 0.15) is 6.61 Å². The fourth-order valence-electron chi connectivity index (χ4n) is 1.33. The van der Waals surface area contributed by atoms with Crippen LogP contribution in [0.5, 0.6) is 5.19 Å². The normalized spacial score (nSPS) is 10.3. The molecule has 1 aromatic heterocycles. The maximum absolute atomic E-state index is 5.60. The number of hydrogen-bond acceptors (Lipinski definition) is 4. The summed E-state index contributed by atoms with van der Waals surface area (Å²) in [4.78, 5) is 5.39. The van der Waals surface area contributed by atoms with E-state index in [0.29, 0.717) is 6.61 Å². The monoisotopic (exact) mass is 234 g/mol. The third kappa shape index (κ3) is 3.05. The van der Waals surface area contributed by atoms with Crippen LogP contribution in [0.3, 0.4) is 0 Å². The van der Waals surface area contributed by atoms with Gasteiger partial charge in [0.15, 0.2) is 0 Å². The minimum absolute atomic E-state index is 0.577. The Kier molecular flexibility index (Phi) is 3.91. The Balaban J connectivity index is 1.89. The van der Waals surface area contributed by atoms with Crippen molar-refractivity contribution in [3.05, 3.63) is 47.0 Å². The van der Waals surface area contributed by atoms with Gasteiger partial charge in [0.25, 0.3) is 5.19 Å². The van der Waals surface area contributed by atoms with Crippen molar-refractivity contribution in [2.24, 2.45) is 0 Å². The molecule has 0 radical (unpaired) electrons. The smallest absolute Gasteiger partial charge is 0.273 e. The van der Waals surface area contributed by atoms with Gasteiger partial charge in [0.2, 0.25) is 0 Å². The molecule has 4 heteroatoms. The molecular formula is C12H14N2OS. The van der Waals surface area contributed by atoms with Crippen LogP contribution in [0.4, 0.5) is 0 Å². The molecule has 2 aromatic rings. The number of nitrogens with one attached hydrogen (secondary N) is 1. The summed E-state index contributed by atoms with van der Waals surface area (Å²) in [5.74, 6) is 0. The molecule has 3 nitrogen and oxygen atoms in total. The van der Waals surface area contributed by atoms with Crippen molar-refractivity contribution in [1.29, 1.82) is 0 Å². The van der Waals surface area contributed by atoms with Crippen LogP contribution in [-0.2, 0) is 13.2 Å². The molecule has 0 aliphatic heterocycles. The summed E-state index contributed by atoms with van der Waals surface area (Å²) in [7, 11) is 1.92. The van der Waals surface area contributed by atoms with Gasteiger partial charge in [0.05, 0.1) is 0 Å². The van der Waals surface area contributed by atoms with E-state index in [0.717, 1.165) is 17.3 Å². The van der Waals surface area contributed by atoms with E-state index in [2.05, 4.69) is 10.3 Å². The Morgan fingerprint density at radius 2 is 2.12 bits per heavy atom. The number of aromatic nitrogens is 1. The summed E-state index contributed by atoms with van der Waals surface area (Å²) in [6.45, 7) is 1.42. The van der Waals surface area contributed by atoms with E-state index in [-0.39, 0.29) is 0 Å². The molecule has 0 spiro atoms. The number of rotatable bonds is 5. The molecule has 1 N–H and O–H groups in total. The first-order valence-corrected chi connectivity index (χ1v) is 5.96. The third-order valence-corrected chi connectivity index (χ3v) is 3.00. The van der Waals surface area contributed by atoms with Crippen molar-refractivity contribution in [1.82, 2.24) is 10.3 Å². The van der Waals surface area contributed by atoms with E-state index >= 15 is 0 Å². The highest BCUT2D eigenvalue weighted by Crippen LogP contribution is 2.21. The molecule has 0 aliphatic rings. The van der Waals surface area contributed by atoms with Crippen molar-refractivity contribution < 1.29 is 4.74 Å². The molecule has 0 saturated heterocycles. The largest absolute Gasteiger partial charge is 0.465 e. The van der Waals surface area contributed by atoms with Crippen LogP contribution < -0.4 is 10.1 Å². The van der Waals surface area contributed by atoms with E-state index in [1.807, 2.05) is 43.6 Å². The SMILES string of the molecule is CNCc1cnc(OCc2ccccc2)s1. The van der Waals surface area contributed by atoms with Crippen molar-refractivity contribution in [3.8, 4) is 5.19 Å². The number of thiazole rings is 1. The van der Waals surface area contributed by atoms with Crippen LogP contribution in [0.15, 0.2) is 36.5 Å².